The summed E-state index contributed by atoms with van der Waals surface area (Å²) >= 11 is 0. The van der Waals surface area contributed by atoms with Gasteiger partial charge in [0.15, 0.2) is 0 Å². The van der Waals surface area contributed by atoms with E-state index in [1.165, 1.54) is 4.90 Å². The van der Waals surface area contributed by atoms with Gasteiger partial charge in [0.2, 0.25) is 0 Å². The first-order valence-electron chi connectivity index (χ1n) is 11.2. The van der Waals surface area contributed by atoms with Crippen LogP contribution in [0.15, 0.2) is 72.8 Å². The number of pyridine rings is 2. The molecule has 34 heavy (non-hydrogen) atoms. The first kappa shape index (κ1) is 23.2. The number of rotatable bonds is 7. The minimum Gasteiger partial charge on any atom is -0.507 e. The summed E-state index contributed by atoms with van der Waals surface area (Å²) in [4.78, 5) is 36.0. The van der Waals surface area contributed by atoms with Gasteiger partial charge in [-0.15, -0.1) is 0 Å². The molecule has 1 fully saturated rings. The maximum Gasteiger partial charge on any atom is 0.295 e. The normalized spacial score (nSPS) is 17.4. The number of nitrogens with zero attached hydrogens (tertiary/aromatic N) is 3. The van der Waals surface area contributed by atoms with E-state index in [0.29, 0.717) is 29.4 Å². The molecule has 7 heteroatoms. The summed E-state index contributed by atoms with van der Waals surface area (Å²) in [5.74, 6) is -0.551. The van der Waals surface area contributed by atoms with Crippen LogP contribution in [0.2, 0.25) is 0 Å². The van der Waals surface area contributed by atoms with Gasteiger partial charge in [0, 0.05) is 36.9 Å². The highest BCUT2D eigenvalue weighted by molar-refractivity contribution is 6.46. The largest absolute Gasteiger partial charge is 0.507 e. The third-order valence-electron chi connectivity index (χ3n) is 5.65. The molecule has 7 nitrogen and oxygen atoms in total. The number of hydrogen-bond donors (Lipinski definition) is 1. The summed E-state index contributed by atoms with van der Waals surface area (Å²) in [6, 6.07) is 11.7. The number of amides is 1. The van der Waals surface area contributed by atoms with Crippen LogP contribution < -0.4 is 4.74 Å². The molecule has 0 bridgehead atoms. The smallest absolute Gasteiger partial charge is 0.295 e. The Kier molecular flexibility index (Phi) is 6.72. The van der Waals surface area contributed by atoms with E-state index >= 15 is 0 Å². The van der Waals surface area contributed by atoms with E-state index in [-0.39, 0.29) is 17.9 Å². The third-order valence-corrected chi connectivity index (χ3v) is 5.65. The third kappa shape index (κ3) is 4.69. The van der Waals surface area contributed by atoms with Crippen molar-refractivity contribution in [3.8, 4) is 5.75 Å². The van der Waals surface area contributed by atoms with Gasteiger partial charge in [-0.2, -0.15) is 0 Å². The summed E-state index contributed by atoms with van der Waals surface area (Å²) in [5, 5.41) is 11.3. The summed E-state index contributed by atoms with van der Waals surface area (Å²) in [5.41, 5.74) is 2.68. The molecule has 1 N–H and O–H groups in total. The number of Topliss-reactive ketones (excluding diaryl/α,β-unsaturated/α-hetero) is 1. The van der Waals surface area contributed by atoms with Crippen LogP contribution >= 0.6 is 0 Å². The number of aliphatic hydroxyl groups excluding tert-OH is 1. The van der Waals surface area contributed by atoms with E-state index < -0.39 is 17.7 Å². The van der Waals surface area contributed by atoms with E-state index in [0.717, 1.165) is 11.1 Å². The van der Waals surface area contributed by atoms with Gasteiger partial charge in [0.1, 0.15) is 11.5 Å². The Balaban J connectivity index is 1.78. The van der Waals surface area contributed by atoms with Gasteiger partial charge in [-0.3, -0.25) is 19.6 Å². The lowest BCUT2D eigenvalue weighted by Gasteiger charge is -2.25. The number of benzene rings is 1. The number of hydrogen-bond acceptors (Lipinski definition) is 6. The number of carbonyl (C=O) groups excluding carboxylic acids is 2. The first-order valence-corrected chi connectivity index (χ1v) is 11.2. The maximum absolute atomic E-state index is 13.2. The Labute approximate surface area is 198 Å². The van der Waals surface area contributed by atoms with Gasteiger partial charge >= 0.3 is 0 Å². The molecular weight excluding hydrogens is 430 g/mol. The highest BCUT2D eigenvalue weighted by atomic mass is 16.5. The molecule has 1 aliphatic rings. The van der Waals surface area contributed by atoms with Crippen molar-refractivity contribution in [2.45, 2.75) is 33.4 Å². The second kappa shape index (κ2) is 9.87. The van der Waals surface area contributed by atoms with Crippen molar-refractivity contribution in [2.24, 2.45) is 5.92 Å². The standard InChI is InChI=1S/C27H27N3O4/c1-17(2)16-34-21-8-9-22(18(3)12-21)25(31)23-24(20-7-5-11-29-14-20)30(27(33)26(23)32)15-19-6-4-10-28-13-19/h4-14,17,24,31H,15-16H2,1-3H3/t24-/m1/s1. The molecule has 3 aromatic rings. The molecule has 1 aromatic carbocycles. The van der Waals surface area contributed by atoms with Gasteiger partial charge in [-0.1, -0.05) is 26.0 Å². The van der Waals surface area contributed by atoms with E-state index in [4.69, 9.17) is 4.74 Å². The Morgan fingerprint density at radius 1 is 1.09 bits per heavy atom. The van der Waals surface area contributed by atoms with Gasteiger partial charge in [0.05, 0.1) is 18.2 Å². The number of aryl methyl sites for hydroxylation is 1. The lowest BCUT2D eigenvalue weighted by atomic mass is 9.94. The second-order valence-corrected chi connectivity index (χ2v) is 8.76. The number of ether oxygens (including phenoxy) is 1. The molecule has 0 saturated carbocycles. The van der Waals surface area contributed by atoms with Crippen LogP contribution in [0.25, 0.3) is 5.76 Å². The molecule has 174 valence electrons. The van der Waals surface area contributed by atoms with Gasteiger partial charge in [0.25, 0.3) is 11.7 Å². The monoisotopic (exact) mass is 457 g/mol. The van der Waals surface area contributed by atoms with Crippen LogP contribution in [0.5, 0.6) is 5.75 Å². The van der Waals surface area contributed by atoms with E-state index in [1.54, 1.807) is 55.1 Å². The molecule has 1 atom stereocenters. The quantitative estimate of drug-likeness (QED) is 0.320. The van der Waals surface area contributed by atoms with Crippen molar-refractivity contribution in [3.05, 3.63) is 95.1 Å². The molecule has 1 aliphatic heterocycles. The molecule has 0 spiro atoms. The van der Waals surface area contributed by atoms with Crippen molar-refractivity contribution in [1.29, 1.82) is 0 Å². The van der Waals surface area contributed by atoms with Crippen LogP contribution in [-0.4, -0.2) is 38.3 Å². The summed E-state index contributed by atoms with van der Waals surface area (Å²) in [7, 11) is 0. The fourth-order valence-electron chi connectivity index (χ4n) is 4.02. The van der Waals surface area contributed by atoms with Crippen molar-refractivity contribution in [2.75, 3.05) is 6.61 Å². The summed E-state index contributed by atoms with van der Waals surface area (Å²) in [6.07, 6.45) is 6.53. The van der Waals surface area contributed by atoms with Gasteiger partial charge in [-0.25, -0.2) is 0 Å². The number of ketones is 1. The average molecular weight is 458 g/mol. The fraction of sp³-hybridized carbons (Fsp3) is 0.259. The SMILES string of the molecule is Cc1cc(OCC(C)C)ccc1C(O)=C1C(=O)C(=O)N(Cc2cccnc2)[C@@H]1c1cccnc1. The predicted molar refractivity (Wildman–Crippen MR) is 128 cm³/mol. The van der Waals surface area contributed by atoms with Crippen LogP contribution in [-0.2, 0) is 16.1 Å². The average Bonchev–Trinajstić information content (AvgIpc) is 3.08. The molecular formula is C27H27N3O4. The van der Waals surface area contributed by atoms with Gasteiger partial charge < -0.3 is 14.7 Å². The molecule has 0 unspecified atom stereocenters. The fourth-order valence-corrected chi connectivity index (χ4v) is 4.02. The minimum absolute atomic E-state index is 0.0424. The predicted octanol–water partition coefficient (Wildman–Crippen LogP) is 4.44. The van der Waals surface area contributed by atoms with Crippen molar-refractivity contribution < 1.29 is 19.4 Å². The molecule has 0 aliphatic carbocycles. The number of likely N-dealkylation sites (tertiary alicyclic amines) is 1. The van der Waals surface area contributed by atoms with Crippen molar-refractivity contribution in [1.82, 2.24) is 14.9 Å². The lowest BCUT2D eigenvalue weighted by molar-refractivity contribution is -0.140. The molecule has 1 amide bonds. The van der Waals surface area contributed by atoms with Gasteiger partial charge in [-0.05, 0) is 59.9 Å². The molecule has 1 saturated heterocycles. The lowest BCUT2D eigenvalue weighted by Crippen LogP contribution is -2.29. The van der Waals surface area contributed by atoms with Crippen molar-refractivity contribution >= 4 is 17.4 Å². The highest BCUT2D eigenvalue weighted by Gasteiger charge is 2.46. The second-order valence-electron chi connectivity index (χ2n) is 8.76. The van der Waals surface area contributed by atoms with Crippen molar-refractivity contribution in [3.63, 3.8) is 0 Å². The van der Waals surface area contributed by atoms with Crippen LogP contribution in [0.3, 0.4) is 0 Å². The van der Waals surface area contributed by atoms with E-state index in [1.807, 2.05) is 19.1 Å². The van der Waals surface area contributed by atoms with E-state index in [9.17, 15) is 14.7 Å². The zero-order valence-electron chi connectivity index (χ0n) is 19.4. The Morgan fingerprint density at radius 3 is 2.44 bits per heavy atom. The number of aliphatic hydroxyl groups is 1. The number of aromatic nitrogens is 2. The molecule has 3 heterocycles. The van der Waals surface area contributed by atoms with Crippen LogP contribution in [0.1, 0.15) is 42.1 Å². The van der Waals surface area contributed by atoms with Crippen LogP contribution in [0.4, 0.5) is 0 Å². The summed E-state index contributed by atoms with van der Waals surface area (Å²) < 4.78 is 5.78. The highest BCUT2D eigenvalue weighted by Crippen LogP contribution is 2.40. The Morgan fingerprint density at radius 2 is 1.82 bits per heavy atom. The van der Waals surface area contributed by atoms with Crippen LogP contribution in [0, 0.1) is 12.8 Å². The molecule has 4 rings (SSSR count). The first-order chi connectivity index (χ1) is 16.4. The topological polar surface area (TPSA) is 92.6 Å². The van der Waals surface area contributed by atoms with E-state index in [2.05, 4.69) is 23.8 Å². The summed E-state index contributed by atoms with van der Waals surface area (Å²) in [6.45, 7) is 6.72. The zero-order chi connectivity index (χ0) is 24.2. The Bertz CT molecular complexity index is 1220. The number of carbonyl (C=O) groups is 2. The molecule has 2 aromatic heterocycles. The maximum atomic E-state index is 13.2. The zero-order valence-corrected chi connectivity index (χ0v) is 19.4. The molecule has 0 radical (unpaired) electrons. The minimum atomic E-state index is -0.773. The Hall–Kier alpha value is -4.00.